The van der Waals surface area contributed by atoms with E-state index in [1.807, 2.05) is 0 Å². The second-order valence-corrected chi connectivity index (χ2v) is 4.93. The van der Waals surface area contributed by atoms with Crippen molar-refractivity contribution in [3.05, 3.63) is 34.1 Å². The van der Waals surface area contributed by atoms with Crippen molar-refractivity contribution >= 4 is 15.9 Å². The van der Waals surface area contributed by atoms with E-state index in [1.54, 1.807) is 6.07 Å². The third kappa shape index (κ3) is 2.56. The van der Waals surface area contributed by atoms with Gasteiger partial charge >= 0.3 is 0 Å². The van der Waals surface area contributed by atoms with E-state index < -0.39 is 0 Å². The maximum Gasteiger partial charge on any atom is 0.123 e. The number of hydrogen-bond donors (Lipinski definition) is 1. The SMILES string of the molecule is NC1(Cc2cc(F)ccc2Br)CCOC1. The normalized spacial score (nSPS) is 25.8. The van der Waals surface area contributed by atoms with Crippen molar-refractivity contribution in [2.24, 2.45) is 5.73 Å². The lowest BCUT2D eigenvalue weighted by molar-refractivity contribution is 0.178. The van der Waals surface area contributed by atoms with Crippen LogP contribution in [0.5, 0.6) is 0 Å². The zero-order valence-electron chi connectivity index (χ0n) is 8.30. The van der Waals surface area contributed by atoms with Gasteiger partial charge in [0.05, 0.1) is 6.61 Å². The van der Waals surface area contributed by atoms with Crippen LogP contribution < -0.4 is 5.73 Å². The first-order chi connectivity index (χ1) is 7.09. The third-order valence-corrected chi connectivity index (χ3v) is 3.46. The van der Waals surface area contributed by atoms with Gasteiger partial charge in [0.2, 0.25) is 0 Å². The lowest BCUT2D eigenvalue weighted by Gasteiger charge is -2.22. The molecule has 1 aliphatic rings. The van der Waals surface area contributed by atoms with Crippen LogP contribution in [-0.2, 0) is 11.2 Å². The maximum atomic E-state index is 13.1. The first-order valence-corrected chi connectivity index (χ1v) is 5.69. The van der Waals surface area contributed by atoms with Crippen molar-refractivity contribution in [2.75, 3.05) is 13.2 Å². The molecule has 0 aliphatic carbocycles. The number of ether oxygens (including phenoxy) is 1. The molecular weight excluding hydrogens is 261 g/mol. The van der Waals surface area contributed by atoms with Crippen LogP contribution in [-0.4, -0.2) is 18.8 Å². The van der Waals surface area contributed by atoms with Crippen molar-refractivity contribution in [1.29, 1.82) is 0 Å². The summed E-state index contributed by atoms with van der Waals surface area (Å²) in [7, 11) is 0. The summed E-state index contributed by atoms with van der Waals surface area (Å²) in [6.45, 7) is 1.25. The van der Waals surface area contributed by atoms with Gasteiger partial charge in [0.15, 0.2) is 0 Å². The Labute approximate surface area is 96.7 Å². The minimum Gasteiger partial charge on any atom is -0.379 e. The molecule has 1 fully saturated rings. The van der Waals surface area contributed by atoms with Crippen molar-refractivity contribution in [1.82, 2.24) is 0 Å². The monoisotopic (exact) mass is 273 g/mol. The molecule has 1 unspecified atom stereocenters. The van der Waals surface area contributed by atoms with Crippen LogP contribution in [0.15, 0.2) is 22.7 Å². The summed E-state index contributed by atoms with van der Waals surface area (Å²) in [4.78, 5) is 0. The lowest BCUT2D eigenvalue weighted by Crippen LogP contribution is -2.42. The number of benzene rings is 1. The van der Waals surface area contributed by atoms with E-state index >= 15 is 0 Å². The van der Waals surface area contributed by atoms with E-state index in [4.69, 9.17) is 10.5 Å². The standard InChI is InChI=1S/C11H13BrFNO/c12-10-2-1-9(13)5-8(10)6-11(14)3-4-15-7-11/h1-2,5H,3-4,6-7,14H2. The summed E-state index contributed by atoms with van der Waals surface area (Å²) in [6, 6.07) is 4.67. The largest absolute Gasteiger partial charge is 0.379 e. The molecule has 82 valence electrons. The Balaban J connectivity index is 2.19. The first kappa shape index (κ1) is 11.0. The topological polar surface area (TPSA) is 35.2 Å². The van der Waals surface area contributed by atoms with Gasteiger partial charge in [-0.1, -0.05) is 15.9 Å². The number of rotatable bonds is 2. The predicted octanol–water partition coefficient (Wildman–Crippen LogP) is 2.25. The molecule has 0 spiro atoms. The highest BCUT2D eigenvalue weighted by Crippen LogP contribution is 2.26. The number of halogens is 2. The molecule has 0 radical (unpaired) electrons. The quantitative estimate of drug-likeness (QED) is 0.897. The molecule has 1 saturated heterocycles. The molecule has 2 N–H and O–H groups in total. The fraction of sp³-hybridized carbons (Fsp3) is 0.455. The molecule has 2 rings (SSSR count). The molecule has 1 aromatic rings. The van der Waals surface area contributed by atoms with Crippen LogP contribution in [0.2, 0.25) is 0 Å². The van der Waals surface area contributed by atoms with Crippen LogP contribution in [0.3, 0.4) is 0 Å². The predicted molar refractivity (Wildman–Crippen MR) is 60.2 cm³/mol. The van der Waals surface area contributed by atoms with Crippen molar-refractivity contribution in [2.45, 2.75) is 18.4 Å². The van der Waals surface area contributed by atoms with Crippen molar-refractivity contribution in [3.63, 3.8) is 0 Å². The van der Waals surface area contributed by atoms with Crippen LogP contribution in [0.4, 0.5) is 4.39 Å². The van der Waals surface area contributed by atoms with E-state index in [2.05, 4.69) is 15.9 Å². The Bertz CT molecular complexity index is 364. The molecule has 15 heavy (non-hydrogen) atoms. The van der Waals surface area contributed by atoms with E-state index in [0.717, 1.165) is 16.5 Å². The molecule has 1 aromatic carbocycles. The Morgan fingerprint density at radius 1 is 1.53 bits per heavy atom. The Kier molecular flexibility index (Phi) is 3.09. The van der Waals surface area contributed by atoms with Gasteiger partial charge in [0, 0.05) is 16.6 Å². The highest BCUT2D eigenvalue weighted by molar-refractivity contribution is 9.10. The van der Waals surface area contributed by atoms with Crippen molar-refractivity contribution < 1.29 is 9.13 Å². The van der Waals surface area contributed by atoms with Crippen molar-refractivity contribution in [3.8, 4) is 0 Å². The molecule has 2 nitrogen and oxygen atoms in total. The summed E-state index contributed by atoms with van der Waals surface area (Å²) in [5, 5.41) is 0. The van der Waals surface area contributed by atoms with Gasteiger partial charge in [-0.3, -0.25) is 0 Å². The van der Waals surface area contributed by atoms with Crippen LogP contribution in [0.25, 0.3) is 0 Å². The molecule has 0 saturated carbocycles. The van der Waals surface area contributed by atoms with Crippen LogP contribution in [0, 0.1) is 5.82 Å². The van der Waals surface area contributed by atoms with Gasteiger partial charge in [-0.25, -0.2) is 4.39 Å². The zero-order chi connectivity index (χ0) is 10.9. The summed E-state index contributed by atoms with van der Waals surface area (Å²) < 4.78 is 19.2. The minimum absolute atomic E-state index is 0.226. The summed E-state index contributed by atoms with van der Waals surface area (Å²) in [5.41, 5.74) is 6.71. The van der Waals surface area contributed by atoms with Gasteiger partial charge in [0.25, 0.3) is 0 Å². The summed E-state index contributed by atoms with van der Waals surface area (Å²) in [6.07, 6.45) is 1.47. The molecule has 1 heterocycles. The average molecular weight is 274 g/mol. The second-order valence-electron chi connectivity index (χ2n) is 4.08. The van der Waals surface area contributed by atoms with Gasteiger partial charge in [-0.05, 0) is 36.6 Å². The maximum absolute atomic E-state index is 13.1. The van der Waals surface area contributed by atoms with E-state index in [1.165, 1.54) is 12.1 Å². The van der Waals surface area contributed by atoms with E-state index in [9.17, 15) is 4.39 Å². The molecule has 4 heteroatoms. The Morgan fingerprint density at radius 2 is 2.33 bits per heavy atom. The fourth-order valence-electron chi connectivity index (χ4n) is 1.82. The fourth-order valence-corrected chi connectivity index (χ4v) is 2.21. The molecule has 1 atom stereocenters. The molecule has 0 aromatic heterocycles. The van der Waals surface area contributed by atoms with Gasteiger partial charge in [-0.2, -0.15) is 0 Å². The van der Waals surface area contributed by atoms with Crippen LogP contribution >= 0.6 is 15.9 Å². The highest BCUT2D eigenvalue weighted by Gasteiger charge is 2.31. The number of nitrogens with two attached hydrogens (primary N) is 1. The molecular formula is C11H13BrFNO. The molecule has 0 bridgehead atoms. The summed E-state index contributed by atoms with van der Waals surface area (Å²) >= 11 is 3.40. The first-order valence-electron chi connectivity index (χ1n) is 4.90. The van der Waals surface area contributed by atoms with Crippen LogP contribution in [0.1, 0.15) is 12.0 Å². The average Bonchev–Trinajstić information content (AvgIpc) is 2.59. The highest BCUT2D eigenvalue weighted by atomic mass is 79.9. The van der Waals surface area contributed by atoms with Gasteiger partial charge in [0.1, 0.15) is 5.82 Å². The zero-order valence-corrected chi connectivity index (χ0v) is 9.89. The Hall–Kier alpha value is -0.450. The Morgan fingerprint density at radius 3 is 3.00 bits per heavy atom. The van der Waals surface area contributed by atoms with E-state index in [-0.39, 0.29) is 11.4 Å². The molecule has 0 amide bonds. The lowest BCUT2D eigenvalue weighted by atomic mass is 9.91. The third-order valence-electron chi connectivity index (χ3n) is 2.68. The molecule has 1 aliphatic heterocycles. The van der Waals surface area contributed by atoms with Gasteiger partial charge in [-0.15, -0.1) is 0 Å². The summed E-state index contributed by atoms with van der Waals surface area (Å²) in [5.74, 6) is -0.226. The number of hydrogen-bond acceptors (Lipinski definition) is 2. The second kappa shape index (κ2) is 4.20. The van der Waals surface area contributed by atoms with E-state index in [0.29, 0.717) is 19.6 Å². The minimum atomic E-state index is -0.337. The van der Waals surface area contributed by atoms with Gasteiger partial charge < -0.3 is 10.5 Å². The smallest absolute Gasteiger partial charge is 0.123 e.